The first-order valence-corrected chi connectivity index (χ1v) is 10.7. The molecule has 1 aromatic rings. The van der Waals surface area contributed by atoms with Crippen molar-refractivity contribution in [2.24, 2.45) is 10.9 Å². The van der Waals surface area contributed by atoms with Crippen LogP contribution in [0.2, 0.25) is 0 Å². The van der Waals surface area contributed by atoms with Crippen LogP contribution < -0.4 is 10.6 Å². The fourth-order valence-corrected chi connectivity index (χ4v) is 4.12. The fourth-order valence-electron chi connectivity index (χ4n) is 2.50. The Hall–Kier alpha value is -1.56. The molecule has 2 unspecified atom stereocenters. The van der Waals surface area contributed by atoms with Gasteiger partial charge in [0.15, 0.2) is 15.8 Å². The quantitative estimate of drug-likeness (QED) is 0.519. The van der Waals surface area contributed by atoms with E-state index in [2.05, 4.69) is 36.4 Å². The zero-order valence-corrected chi connectivity index (χ0v) is 16.9. The number of rotatable bonds is 9. The van der Waals surface area contributed by atoms with Gasteiger partial charge < -0.3 is 10.6 Å². The van der Waals surface area contributed by atoms with E-state index in [1.165, 1.54) is 0 Å². The molecule has 0 aliphatic carbocycles. The number of hydrogen-bond donors (Lipinski definition) is 2. The number of benzene rings is 1. The standard InChI is InChI=1S/C19H33N3O2S/c1-6-17(14-25(23,24)18-10-8-7-9-11-18)22-19(20-5)21-16(4)13-12-15(2)3/h7-11,15-17H,6,12-14H2,1-5H3,(H2,20,21,22). The van der Waals surface area contributed by atoms with E-state index >= 15 is 0 Å². The molecule has 0 radical (unpaired) electrons. The molecule has 1 aromatic carbocycles. The first-order valence-electron chi connectivity index (χ1n) is 9.06. The molecule has 0 saturated heterocycles. The maximum Gasteiger partial charge on any atom is 0.191 e. The number of aliphatic imine (C=N–C) groups is 1. The molecule has 142 valence electrons. The van der Waals surface area contributed by atoms with E-state index in [4.69, 9.17) is 0 Å². The second kappa shape index (κ2) is 10.4. The third-order valence-corrected chi connectivity index (χ3v) is 5.97. The average molecular weight is 368 g/mol. The topological polar surface area (TPSA) is 70.6 Å². The normalized spacial score (nSPS) is 15.0. The van der Waals surface area contributed by atoms with Crippen molar-refractivity contribution in [1.82, 2.24) is 10.6 Å². The van der Waals surface area contributed by atoms with Crippen molar-refractivity contribution in [3.8, 4) is 0 Å². The van der Waals surface area contributed by atoms with Crippen LogP contribution >= 0.6 is 0 Å². The molecule has 0 spiro atoms. The Labute approximate surface area is 153 Å². The van der Waals surface area contributed by atoms with E-state index in [-0.39, 0.29) is 17.8 Å². The van der Waals surface area contributed by atoms with Crippen LogP contribution in [0.3, 0.4) is 0 Å². The Morgan fingerprint density at radius 1 is 1.08 bits per heavy atom. The largest absolute Gasteiger partial charge is 0.354 e. The summed E-state index contributed by atoms with van der Waals surface area (Å²) in [6, 6.07) is 8.70. The van der Waals surface area contributed by atoms with Gasteiger partial charge in [-0.05, 0) is 44.2 Å². The van der Waals surface area contributed by atoms with Crippen LogP contribution in [0.25, 0.3) is 0 Å². The lowest BCUT2D eigenvalue weighted by Crippen LogP contribution is -2.48. The first kappa shape index (κ1) is 21.5. The predicted molar refractivity (Wildman–Crippen MR) is 106 cm³/mol. The smallest absolute Gasteiger partial charge is 0.191 e. The van der Waals surface area contributed by atoms with Gasteiger partial charge in [-0.2, -0.15) is 0 Å². The van der Waals surface area contributed by atoms with Gasteiger partial charge >= 0.3 is 0 Å². The summed E-state index contributed by atoms with van der Waals surface area (Å²) in [5.74, 6) is 1.37. The molecule has 0 aliphatic heterocycles. The Bertz CT molecular complexity index is 627. The molecule has 0 heterocycles. The molecule has 5 nitrogen and oxygen atoms in total. The van der Waals surface area contributed by atoms with Crippen LogP contribution in [0, 0.1) is 5.92 Å². The molecule has 2 atom stereocenters. The van der Waals surface area contributed by atoms with Crippen molar-refractivity contribution in [2.75, 3.05) is 12.8 Å². The highest BCUT2D eigenvalue weighted by Crippen LogP contribution is 2.12. The molecule has 0 amide bonds. The monoisotopic (exact) mass is 367 g/mol. The Morgan fingerprint density at radius 2 is 1.72 bits per heavy atom. The van der Waals surface area contributed by atoms with Crippen molar-refractivity contribution >= 4 is 15.8 Å². The van der Waals surface area contributed by atoms with Gasteiger partial charge in [-0.3, -0.25) is 4.99 Å². The maximum atomic E-state index is 12.6. The average Bonchev–Trinajstić information content (AvgIpc) is 2.59. The number of hydrogen-bond acceptors (Lipinski definition) is 3. The molecule has 0 bridgehead atoms. The summed E-state index contributed by atoms with van der Waals surface area (Å²) in [5.41, 5.74) is 0. The van der Waals surface area contributed by atoms with Crippen molar-refractivity contribution in [1.29, 1.82) is 0 Å². The molecular weight excluding hydrogens is 334 g/mol. The molecule has 0 aromatic heterocycles. The second-order valence-electron chi connectivity index (χ2n) is 6.93. The zero-order valence-electron chi connectivity index (χ0n) is 16.1. The summed E-state index contributed by atoms with van der Waals surface area (Å²) in [4.78, 5) is 4.61. The number of sulfone groups is 1. The molecule has 25 heavy (non-hydrogen) atoms. The summed E-state index contributed by atoms with van der Waals surface area (Å²) in [6.45, 7) is 8.52. The van der Waals surface area contributed by atoms with Crippen LogP contribution in [0.5, 0.6) is 0 Å². The predicted octanol–water partition coefficient (Wildman–Crippen LogP) is 3.23. The summed E-state index contributed by atoms with van der Waals surface area (Å²) in [5, 5.41) is 6.61. The third kappa shape index (κ3) is 7.90. The van der Waals surface area contributed by atoms with Crippen LogP contribution in [0.1, 0.15) is 47.0 Å². The highest BCUT2D eigenvalue weighted by Gasteiger charge is 2.21. The lowest BCUT2D eigenvalue weighted by atomic mass is 10.0. The van der Waals surface area contributed by atoms with Gasteiger partial charge in [0.1, 0.15) is 0 Å². The Kier molecular flexibility index (Phi) is 8.97. The van der Waals surface area contributed by atoms with Crippen molar-refractivity contribution in [2.45, 2.75) is 63.9 Å². The second-order valence-corrected chi connectivity index (χ2v) is 8.97. The minimum absolute atomic E-state index is 0.0502. The van der Waals surface area contributed by atoms with Gasteiger partial charge in [-0.1, -0.05) is 39.0 Å². The summed E-state index contributed by atoms with van der Waals surface area (Å²) in [6.07, 6.45) is 2.90. The lowest BCUT2D eigenvalue weighted by Gasteiger charge is -2.23. The third-order valence-electron chi connectivity index (χ3n) is 4.14. The van der Waals surface area contributed by atoms with E-state index in [1.54, 1.807) is 31.3 Å². The van der Waals surface area contributed by atoms with Crippen molar-refractivity contribution < 1.29 is 8.42 Å². The minimum atomic E-state index is -3.32. The minimum Gasteiger partial charge on any atom is -0.354 e. The van der Waals surface area contributed by atoms with Crippen LogP contribution in [0.4, 0.5) is 0 Å². The first-order chi connectivity index (χ1) is 11.8. The number of guanidine groups is 1. The summed E-state index contributed by atoms with van der Waals surface area (Å²) >= 11 is 0. The Morgan fingerprint density at radius 3 is 2.24 bits per heavy atom. The molecule has 0 saturated carbocycles. The molecule has 2 N–H and O–H groups in total. The summed E-state index contributed by atoms with van der Waals surface area (Å²) < 4.78 is 25.1. The van der Waals surface area contributed by atoms with Crippen molar-refractivity contribution in [3.63, 3.8) is 0 Å². The zero-order chi connectivity index (χ0) is 18.9. The van der Waals surface area contributed by atoms with Crippen LogP contribution in [0.15, 0.2) is 40.2 Å². The molecule has 0 fully saturated rings. The van der Waals surface area contributed by atoms with Gasteiger partial charge in [0, 0.05) is 19.1 Å². The fraction of sp³-hybridized carbons (Fsp3) is 0.632. The van der Waals surface area contributed by atoms with Crippen LogP contribution in [-0.2, 0) is 9.84 Å². The molecule has 1 rings (SSSR count). The van der Waals surface area contributed by atoms with E-state index in [9.17, 15) is 8.42 Å². The summed E-state index contributed by atoms with van der Waals surface area (Å²) in [7, 11) is -1.61. The number of nitrogens with zero attached hydrogens (tertiary/aromatic N) is 1. The highest BCUT2D eigenvalue weighted by molar-refractivity contribution is 7.91. The lowest BCUT2D eigenvalue weighted by molar-refractivity contribution is 0.485. The van der Waals surface area contributed by atoms with E-state index in [0.29, 0.717) is 23.2 Å². The van der Waals surface area contributed by atoms with E-state index in [0.717, 1.165) is 12.8 Å². The van der Waals surface area contributed by atoms with Gasteiger partial charge in [-0.15, -0.1) is 0 Å². The Balaban J connectivity index is 2.67. The highest BCUT2D eigenvalue weighted by atomic mass is 32.2. The molecular formula is C19H33N3O2S. The van der Waals surface area contributed by atoms with Gasteiger partial charge in [-0.25, -0.2) is 8.42 Å². The van der Waals surface area contributed by atoms with Gasteiger partial charge in [0.25, 0.3) is 0 Å². The van der Waals surface area contributed by atoms with Crippen molar-refractivity contribution in [3.05, 3.63) is 30.3 Å². The maximum absolute atomic E-state index is 12.6. The molecule has 0 aliphatic rings. The van der Waals surface area contributed by atoms with Gasteiger partial charge in [0.05, 0.1) is 10.6 Å². The number of nitrogens with one attached hydrogen (secondary N) is 2. The van der Waals surface area contributed by atoms with Gasteiger partial charge in [0.2, 0.25) is 0 Å². The SMILES string of the molecule is CCC(CS(=O)(=O)c1ccccc1)NC(=NC)NC(C)CCC(C)C. The molecule has 6 heteroatoms. The van der Waals surface area contributed by atoms with Crippen LogP contribution in [-0.4, -0.2) is 39.3 Å². The van der Waals surface area contributed by atoms with E-state index < -0.39 is 9.84 Å². The van der Waals surface area contributed by atoms with E-state index in [1.807, 2.05) is 13.0 Å².